The highest BCUT2D eigenvalue weighted by molar-refractivity contribution is 5.74. The normalized spacial score (nSPS) is 12.5. The summed E-state index contributed by atoms with van der Waals surface area (Å²) in [4.78, 5) is 10.8. The van der Waals surface area contributed by atoms with Crippen molar-refractivity contribution in [1.29, 1.82) is 0 Å². The van der Waals surface area contributed by atoms with Crippen LogP contribution in [0.2, 0.25) is 0 Å². The van der Waals surface area contributed by atoms with Crippen molar-refractivity contribution in [1.82, 2.24) is 5.32 Å². The molecular weight excluding hydrogens is 150 g/mol. The molecule has 2 heteroatoms. The number of carbonyl (C=O) groups excluding carboxylic acids is 1. The van der Waals surface area contributed by atoms with Crippen LogP contribution in [-0.4, -0.2) is 11.4 Å². The second-order valence-electron chi connectivity index (χ2n) is 4.01. The SMILES string of the molecule is CC(=O)NC(C)(C)/C=C/C(C)C. The molecule has 0 radical (unpaired) electrons. The Balaban J connectivity index is 4.12. The maximum Gasteiger partial charge on any atom is 0.217 e. The molecular formula is C10H19NO. The molecule has 0 atom stereocenters. The summed E-state index contributed by atoms with van der Waals surface area (Å²) in [5, 5.41) is 2.85. The second-order valence-corrected chi connectivity index (χ2v) is 4.01. The van der Waals surface area contributed by atoms with Crippen LogP contribution in [-0.2, 0) is 4.79 Å². The van der Waals surface area contributed by atoms with E-state index in [9.17, 15) is 4.79 Å². The maximum atomic E-state index is 10.8. The molecule has 0 saturated carbocycles. The van der Waals surface area contributed by atoms with Gasteiger partial charge in [0.05, 0.1) is 5.54 Å². The molecule has 0 aliphatic rings. The van der Waals surface area contributed by atoms with E-state index >= 15 is 0 Å². The predicted molar refractivity (Wildman–Crippen MR) is 51.9 cm³/mol. The standard InChI is InChI=1S/C10H19NO/c1-8(2)6-7-10(4,5)11-9(3)12/h6-8H,1-5H3,(H,11,12)/b7-6+. The summed E-state index contributed by atoms with van der Waals surface area (Å²) in [5.41, 5.74) is -0.226. The lowest BCUT2D eigenvalue weighted by atomic mass is 10.0. The summed E-state index contributed by atoms with van der Waals surface area (Å²) in [5.74, 6) is 0.534. The van der Waals surface area contributed by atoms with Gasteiger partial charge in [0.15, 0.2) is 0 Å². The highest BCUT2D eigenvalue weighted by Crippen LogP contribution is 2.06. The summed E-state index contributed by atoms with van der Waals surface area (Å²) in [6, 6.07) is 0. The van der Waals surface area contributed by atoms with Gasteiger partial charge < -0.3 is 5.32 Å². The lowest BCUT2D eigenvalue weighted by molar-refractivity contribution is -0.120. The van der Waals surface area contributed by atoms with Crippen molar-refractivity contribution in [3.8, 4) is 0 Å². The molecule has 0 aliphatic carbocycles. The lowest BCUT2D eigenvalue weighted by Gasteiger charge is -2.21. The lowest BCUT2D eigenvalue weighted by Crippen LogP contribution is -2.40. The third kappa shape index (κ3) is 5.96. The molecule has 0 unspecified atom stereocenters. The van der Waals surface area contributed by atoms with Crippen molar-refractivity contribution in [3.05, 3.63) is 12.2 Å². The van der Waals surface area contributed by atoms with Gasteiger partial charge in [-0.3, -0.25) is 4.79 Å². The number of hydrogen-bond acceptors (Lipinski definition) is 1. The number of rotatable bonds is 3. The highest BCUT2D eigenvalue weighted by atomic mass is 16.1. The van der Waals surface area contributed by atoms with E-state index in [0.29, 0.717) is 5.92 Å². The van der Waals surface area contributed by atoms with E-state index in [1.54, 1.807) is 0 Å². The van der Waals surface area contributed by atoms with Gasteiger partial charge in [-0.2, -0.15) is 0 Å². The number of allylic oxidation sites excluding steroid dienone is 1. The molecule has 0 saturated heterocycles. The minimum Gasteiger partial charge on any atom is -0.348 e. The van der Waals surface area contributed by atoms with Crippen molar-refractivity contribution < 1.29 is 4.79 Å². The second kappa shape index (κ2) is 4.29. The van der Waals surface area contributed by atoms with Gasteiger partial charge >= 0.3 is 0 Å². The summed E-state index contributed by atoms with van der Waals surface area (Å²) in [7, 11) is 0. The van der Waals surface area contributed by atoms with E-state index in [0.717, 1.165) is 0 Å². The van der Waals surface area contributed by atoms with Gasteiger partial charge in [0.1, 0.15) is 0 Å². The number of amides is 1. The molecule has 2 nitrogen and oxygen atoms in total. The average molecular weight is 169 g/mol. The van der Waals surface area contributed by atoms with E-state index in [1.165, 1.54) is 6.92 Å². The Labute approximate surface area is 75.0 Å². The first kappa shape index (κ1) is 11.2. The number of hydrogen-bond donors (Lipinski definition) is 1. The van der Waals surface area contributed by atoms with Crippen LogP contribution >= 0.6 is 0 Å². The Kier molecular flexibility index (Phi) is 4.01. The van der Waals surface area contributed by atoms with Gasteiger partial charge in [-0.15, -0.1) is 0 Å². The maximum absolute atomic E-state index is 10.8. The topological polar surface area (TPSA) is 29.1 Å². The van der Waals surface area contributed by atoms with Crippen molar-refractivity contribution in [3.63, 3.8) is 0 Å². The van der Waals surface area contributed by atoms with Gasteiger partial charge in [-0.1, -0.05) is 26.0 Å². The monoisotopic (exact) mass is 169 g/mol. The van der Waals surface area contributed by atoms with Crippen LogP contribution in [0.4, 0.5) is 0 Å². The largest absolute Gasteiger partial charge is 0.348 e. The average Bonchev–Trinajstić information content (AvgIpc) is 1.81. The molecule has 0 bridgehead atoms. The minimum absolute atomic E-state index is 0.00778. The van der Waals surface area contributed by atoms with Crippen LogP contribution in [0.15, 0.2) is 12.2 Å². The Bertz CT molecular complexity index is 180. The van der Waals surface area contributed by atoms with Crippen molar-refractivity contribution in [2.24, 2.45) is 5.92 Å². The van der Waals surface area contributed by atoms with Crippen LogP contribution in [0, 0.1) is 5.92 Å². The van der Waals surface area contributed by atoms with Gasteiger partial charge in [0, 0.05) is 6.92 Å². The van der Waals surface area contributed by atoms with Gasteiger partial charge in [0.2, 0.25) is 5.91 Å². The Morgan fingerprint density at radius 3 is 2.25 bits per heavy atom. The summed E-state index contributed by atoms with van der Waals surface area (Å²) in [6.07, 6.45) is 4.12. The van der Waals surface area contributed by atoms with Gasteiger partial charge in [0.25, 0.3) is 0 Å². The molecule has 0 rings (SSSR count). The van der Waals surface area contributed by atoms with E-state index in [-0.39, 0.29) is 11.4 Å². The number of carbonyl (C=O) groups is 1. The van der Waals surface area contributed by atoms with Gasteiger partial charge in [-0.05, 0) is 19.8 Å². The fraction of sp³-hybridized carbons (Fsp3) is 0.700. The Hall–Kier alpha value is -0.790. The van der Waals surface area contributed by atoms with E-state index in [4.69, 9.17) is 0 Å². The molecule has 1 amide bonds. The molecule has 0 aromatic rings. The van der Waals surface area contributed by atoms with E-state index in [2.05, 4.69) is 25.2 Å². The minimum atomic E-state index is -0.226. The van der Waals surface area contributed by atoms with Crippen LogP contribution in [0.5, 0.6) is 0 Å². The third-order valence-corrected chi connectivity index (χ3v) is 1.40. The smallest absolute Gasteiger partial charge is 0.217 e. The van der Waals surface area contributed by atoms with E-state index < -0.39 is 0 Å². The third-order valence-electron chi connectivity index (χ3n) is 1.40. The van der Waals surface area contributed by atoms with Crippen LogP contribution < -0.4 is 5.32 Å². The zero-order valence-corrected chi connectivity index (χ0v) is 8.64. The Morgan fingerprint density at radius 2 is 1.92 bits per heavy atom. The van der Waals surface area contributed by atoms with Crippen molar-refractivity contribution in [2.75, 3.05) is 0 Å². The summed E-state index contributed by atoms with van der Waals surface area (Å²) in [6.45, 7) is 9.71. The first-order chi connectivity index (χ1) is 5.33. The fourth-order valence-electron chi connectivity index (χ4n) is 0.928. The molecule has 12 heavy (non-hydrogen) atoms. The Morgan fingerprint density at radius 1 is 1.42 bits per heavy atom. The fourth-order valence-corrected chi connectivity index (χ4v) is 0.928. The molecule has 0 heterocycles. The zero-order valence-electron chi connectivity index (χ0n) is 8.64. The van der Waals surface area contributed by atoms with Crippen LogP contribution in [0.3, 0.4) is 0 Å². The molecule has 0 aromatic carbocycles. The molecule has 0 aliphatic heterocycles. The molecule has 0 fully saturated rings. The first-order valence-electron chi connectivity index (χ1n) is 4.31. The first-order valence-corrected chi connectivity index (χ1v) is 4.31. The summed E-state index contributed by atoms with van der Waals surface area (Å²) < 4.78 is 0. The van der Waals surface area contributed by atoms with E-state index in [1.807, 2.05) is 19.9 Å². The van der Waals surface area contributed by atoms with Crippen molar-refractivity contribution >= 4 is 5.91 Å². The molecule has 1 N–H and O–H groups in total. The quantitative estimate of drug-likeness (QED) is 0.644. The molecule has 0 spiro atoms. The highest BCUT2D eigenvalue weighted by Gasteiger charge is 2.13. The van der Waals surface area contributed by atoms with Crippen molar-refractivity contribution in [2.45, 2.75) is 40.2 Å². The van der Waals surface area contributed by atoms with Gasteiger partial charge in [-0.25, -0.2) is 0 Å². The molecule has 0 aromatic heterocycles. The molecule has 70 valence electrons. The van der Waals surface area contributed by atoms with Crippen LogP contribution in [0.1, 0.15) is 34.6 Å². The van der Waals surface area contributed by atoms with Crippen LogP contribution in [0.25, 0.3) is 0 Å². The zero-order chi connectivity index (χ0) is 9.78. The summed E-state index contributed by atoms with van der Waals surface area (Å²) >= 11 is 0. The predicted octanol–water partition coefficient (Wildman–Crippen LogP) is 2.11. The number of nitrogens with one attached hydrogen (secondary N) is 1.